The lowest BCUT2D eigenvalue weighted by Gasteiger charge is -2.25. The van der Waals surface area contributed by atoms with Crippen LogP contribution in [0.5, 0.6) is 5.75 Å². The minimum atomic E-state index is -0.768. The van der Waals surface area contributed by atoms with E-state index in [9.17, 15) is 14.7 Å². The Balaban J connectivity index is 1.98. The number of benzene rings is 1. The maximum absolute atomic E-state index is 13.1. The summed E-state index contributed by atoms with van der Waals surface area (Å²) >= 11 is 0. The maximum atomic E-state index is 13.1. The highest BCUT2D eigenvalue weighted by atomic mass is 16.5. The van der Waals surface area contributed by atoms with E-state index >= 15 is 0 Å². The van der Waals surface area contributed by atoms with Gasteiger partial charge in [-0.15, -0.1) is 0 Å². The quantitative estimate of drug-likeness (QED) is 0.305. The first-order chi connectivity index (χ1) is 15.9. The van der Waals surface area contributed by atoms with E-state index < -0.39 is 17.7 Å². The third-order valence-corrected chi connectivity index (χ3v) is 5.92. The number of nitrogens with zero attached hydrogens (tertiary/aromatic N) is 2. The van der Waals surface area contributed by atoms with E-state index in [1.165, 1.54) is 4.90 Å². The predicted molar refractivity (Wildman–Crippen MR) is 127 cm³/mol. The number of ether oxygens (including phenoxy) is 1. The van der Waals surface area contributed by atoms with E-state index in [-0.39, 0.29) is 11.3 Å². The Morgan fingerprint density at radius 1 is 1.15 bits per heavy atom. The van der Waals surface area contributed by atoms with Crippen molar-refractivity contribution in [2.45, 2.75) is 46.6 Å². The first-order valence-electron chi connectivity index (χ1n) is 11.7. The molecule has 1 aromatic carbocycles. The number of carbonyl (C=O) groups excluding carboxylic acids is 2. The average Bonchev–Trinajstić information content (AvgIpc) is 3.36. The molecule has 1 aliphatic rings. The molecule has 1 saturated heterocycles. The average molecular weight is 455 g/mol. The molecule has 2 heterocycles. The van der Waals surface area contributed by atoms with Crippen LogP contribution in [0.25, 0.3) is 5.76 Å². The number of ketones is 1. The maximum Gasteiger partial charge on any atom is 0.295 e. The van der Waals surface area contributed by atoms with Gasteiger partial charge in [0.05, 0.1) is 12.2 Å². The largest absolute Gasteiger partial charge is 0.507 e. The van der Waals surface area contributed by atoms with Crippen molar-refractivity contribution in [2.75, 3.05) is 32.8 Å². The number of likely N-dealkylation sites (tertiary alicyclic amines) is 1. The summed E-state index contributed by atoms with van der Waals surface area (Å²) in [6.45, 7) is 11.6. The number of Topliss-reactive ketones (excluding diaryl/α,β-unsaturated/α-hetero) is 1. The van der Waals surface area contributed by atoms with Crippen molar-refractivity contribution >= 4 is 17.4 Å². The predicted octanol–water partition coefficient (Wildman–Crippen LogP) is 4.53. The number of aryl methyl sites for hydroxylation is 1. The molecule has 3 rings (SSSR count). The molecule has 178 valence electrons. The highest BCUT2D eigenvalue weighted by Crippen LogP contribution is 2.40. The number of hydrogen-bond acceptors (Lipinski definition) is 6. The van der Waals surface area contributed by atoms with Crippen LogP contribution in [0, 0.1) is 6.92 Å². The van der Waals surface area contributed by atoms with Crippen LogP contribution in [0.3, 0.4) is 0 Å². The van der Waals surface area contributed by atoms with E-state index in [0.29, 0.717) is 42.4 Å². The lowest BCUT2D eigenvalue weighted by atomic mass is 9.99. The second-order valence-electron chi connectivity index (χ2n) is 8.20. The second-order valence-corrected chi connectivity index (χ2v) is 8.20. The molecule has 1 fully saturated rings. The van der Waals surface area contributed by atoms with Gasteiger partial charge in [0, 0.05) is 12.1 Å². The molecule has 0 aliphatic carbocycles. The fourth-order valence-corrected chi connectivity index (χ4v) is 4.12. The molecule has 1 N–H and O–H groups in total. The highest BCUT2D eigenvalue weighted by molar-refractivity contribution is 6.46. The second kappa shape index (κ2) is 11.2. The number of carbonyl (C=O) groups is 2. The number of furan rings is 1. The molecule has 0 spiro atoms. The van der Waals surface area contributed by atoms with Crippen LogP contribution < -0.4 is 4.74 Å². The summed E-state index contributed by atoms with van der Waals surface area (Å²) in [6, 6.07) is 9.73. The molecule has 1 unspecified atom stereocenters. The molecular weight excluding hydrogens is 420 g/mol. The van der Waals surface area contributed by atoms with Crippen molar-refractivity contribution in [1.29, 1.82) is 0 Å². The molecule has 0 radical (unpaired) electrons. The van der Waals surface area contributed by atoms with Gasteiger partial charge in [0.15, 0.2) is 0 Å². The molecule has 0 bridgehead atoms. The SMILES string of the molecule is CCCOc1cccc(/C(O)=C2\C(=O)C(=O)N(CCCN(CC)CC)C2c2ccc(C)o2)c1. The highest BCUT2D eigenvalue weighted by Gasteiger charge is 2.47. The standard InChI is InChI=1S/C26H34N2O5/c1-5-16-32-20-11-8-10-19(17-20)24(29)22-23(21-13-12-18(4)33-21)28(26(31)25(22)30)15-9-14-27(6-2)7-3/h8,10-13,17,23,29H,5-7,9,14-16H2,1-4H3/b24-22+. The monoisotopic (exact) mass is 454 g/mol. The van der Waals surface area contributed by atoms with Gasteiger partial charge in [-0.25, -0.2) is 0 Å². The lowest BCUT2D eigenvalue weighted by molar-refractivity contribution is -0.140. The van der Waals surface area contributed by atoms with Crippen molar-refractivity contribution in [1.82, 2.24) is 9.80 Å². The molecule has 0 saturated carbocycles. The summed E-state index contributed by atoms with van der Waals surface area (Å²) in [5, 5.41) is 11.2. The number of aliphatic hydroxyl groups is 1. The molecule has 2 aromatic rings. The summed E-state index contributed by atoms with van der Waals surface area (Å²) in [7, 11) is 0. The minimum absolute atomic E-state index is 0.0461. The van der Waals surface area contributed by atoms with Crippen molar-refractivity contribution in [3.8, 4) is 5.75 Å². The first kappa shape index (κ1) is 24.6. The van der Waals surface area contributed by atoms with E-state index in [1.807, 2.05) is 13.8 Å². The molecule has 1 atom stereocenters. The summed E-state index contributed by atoms with van der Waals surface area (Å²) in [5.41, 5.74) is 0.475. The Bertz CT molecular complexity index is 1010. The van der Waals surface area contributed by atoms with Crippen molar-refractivity contribution in [3.05, 3.63) is 59.1 Å². The zero-order chi connectivity index (χ0) is 24.0. The third kappa shape index (κ3) is 5.47. The number of hydrogen-bond donors (Lipinski definition) is 1. The van der Waals surface area contributed by atoms with Crippen LogP contribution in [0.4, 0.5) is 0 Å². The van der Waals surface area contributed by atoms with Crippen molar-refractivity contribution < 1.29 is 23.8 Å². The summed E-state index contributed by atoms with van der Waals surface area (Å²) in [6.07, 6.45) is 1.57. The van der Waals surface area contributed by atoms with Gasteiger partial charge in [0.25, 0.3) is 11.7 Å². The van der Waals surface area contributed by atoms with Crippen LogP contribution in [-0.4, -0.2) is 59.4 Å². The number of amides is 1. The molecular formula is C26H34N2O5. The Labute approximate surface area is 195 Å². The van der Waals surface area contributed by atoms with Crippen LogP contribution in [0.15, 0.2) is 46.4 Å². The summed E-state index contributed by atoms with van der Waals surface area (Å²) in [4.78, 5) is 29.9. The van der Waals surface area contributed by atoms with E-state index in [4.69, 9.17) is 9.15 Å². The minimum Gasteiger partial charge on any atom is -0.507 e. The van der Waals surface area contributed by atoms with Crippen LogP contribution in [-0.2, 0) is 9.59 Å². The van der Waals surface area contributed by atoms with Gasteiger partial charge in [-0.3, -0.25) is 9.59 Å². The lowest BCUT2D eigenvalue weighted by Crippen LogP contribution is -2.33. The Morgan fingerprint density at radius 2 is 1.91 bits per heavy atom. The summed E-state index contributed by atoms with van der Waals surface area (Å²) in [5.74, 6) is 0.200. The Hall–Kier alpha value is -3.06. The Kier molecular flexibility index (Phi) is 8.33. The third-order valence-electron chi connectivity index (χ3n) is 5.92. The summed E-state index contributed by atoms with van der Waals surface area (Å²) < 4.78 is 11.5. The van der Waals surface area contributed by atoms with Crippen molar-refractivity contribution in [2.24, 2.45) is 0 Å². The van der Waals surface area contributed by atoms with E-state index in [2.05, 4.69) is 18.7 Å². The fraction of sp³-hybridized carbons (Fsp3) is 0.462. The molecule has 1 aliphatic heterocycles. The molecule has 1 amide bonds. The zero-order valence-corrected chi connectivity index (χ0v) is 20.0. The molecule has 7 nitrogen and oxygen atoms in total. The van der Waals surface area contributed by atoms with Crippen LogP contribution in [0.1, 0.15) is 56.7 Å². The fourth-order valence-electron chi connectivity index (χ4n) is 4.12. The molecule has 33 heavy (non-hydrogen) atoms. The smallest absolute Gasteiger partial charge is 0.295 e. The number of rotatable bonds is 11. The zero-order valence-electron chi connectivity index (χ0n) is 20.0. The van der Waals surface area contributed by atoms with Gasteiger partial charge in [-0.2, -0.15) is 0 Å². The van der Waals surface area contributed by atoms with Gasteiger partial charge < -0.3 is 24.1 Å². The topological polar surface area (TPSA) is 83.2 Å². The van der Waals surface area contributed by atoms with Crippen LogP contribution in [0.2, 0.25) is 0 Å². The van der Waals surface area contributed by atoms with Gasteiger partial charge in [0.2, 0.25) is 0 Å². The molecule has 1 aromatic heterocycles. The van der Waals surface area contributed by atoms with Gasteiger partial charge in [-0.05, 0) is 63.7 Å². The van der Waals surface area contributed by atoms with Crippen LogP contribution >= 0.6 is 0 Å². The molecule has 7 heteroatoms. The van der Waals surface area contributed by atoms with Gasteiger partial charge in [0.1, 0.15) is 29.1 Å². The first-order valence-corrected chi connectivity index (χ1v) is 11.7. The van der Waals surface area contributed by atoms with E-state index in [0.717, 1.165) is 26.1 Å². The van der Waals surface area contributed by atoms with Gasteiger partial charge >= 0.3 is 0 Å². The van der Waals surface area contributed by atoms with Crippen molar-refractivity contribution in [3.63, 3.8) is 0 Å². The van der Waals surface area contributed by atoms with Gasteiger partial charge in [-0.1, -0.05) is 32.9 Å². The Morgan fingerprint density at radius 3 is 2.55 bits per heavy atom. The number of aliphatic hydroxyl groups excluding tert-OH is 1. The van der Waals surface area contributed by atoms with E-state index in [1.54, 1.807) is 36.4 Å². The normalized spacial score (nSPS) is 17.8.